The van der Waals surface area contributed by atoms with E-state index in [9.17, 15) is 5.11 Å². The molecule has 2 aromatic rings. The van der Waals surface area contributed by atoms with Gasteiger partial charge in [-0.25, -0.2) is 0 Å². The first-order valence-electron chi connectivity index (χ1n) is 6.64. The highest BCUT2D eigenvalue weighted by Gasteiger charge is 2.04. The lowest BCUT2D eigenvalue weighted by Crippen LogP contribution is -1.93. The molecule has 0 amide bonds. The number of nitrogens with zero attached hydrogens (tertiary/aromatic N) is 1. The molecule has 0 saturated carbocycles. The molecule has 0 fully saturated rings. The summed E-state index contributed by atoms with van der Waals surface area (Å²) in [5, 5.41) is 13.0. The molecular weight excluding hydrogens is 248 g/mol. The number of aryl methyl sites for hydroxylation is 3. The molecule has 0 aliphatic carbocycles. The number of phenols is 1. The molecule has 3 heteroatoms. The first kappa shape index (κ1) is 14.1. The fraction of sp³-hybridized carbons (Fsp3) is 0.235. The fourth-order valence-electron chi connectivity index (χ4n) is 2.01. The SMILES string of the molecule is C/C(=C/Nc1ccc(C)nc1)c1cc(C)c(O)c(C)c1. The predicted octanol–water partition coefficient (Wildman–Crippen LogP) is 4.19. The molecule has 0 unspecified atom stereocenters. The third-order valence-electron chi connectivity index (χ3n) is 3.31. The molecule has 0 aliphatic heterocycles. The van der Waals surface area contributed by atoms with Crippen LogP contribution in [-0.2, 0) is 0 Å². The van der Waals surface area contributed by atoms with Crippen molar-refractivity contribution in [2.24, 2.45) is 0 Å². The van der Waals surface area contributed by atoms with Gasteiger partial charge < -0.3 is 10.4 Å². The smallest absolute Gasteiger partial charge is 0.121 e. The van der Waals surface area contributed by atoms with Gasteiger partial charge >= 0.3 is 0 Å². The van der Waals surface area contributed by atoms with Crippen LogP contribution in [0.15, 0.2) is 36.7 Å². The maximum atomic E-state index is 9.80. The van der Waals surface area contributed by atoms with Gasteiger partial charge in [-0.1, -0.05) is 0 Å². The monoisotopic (exact) mass is 268 g/mol. The summed E-state index contributed by atoms with van der Waals surface area (Å²) in [5.74, 6) is 0.372. The number of aromatic nitrogens is 1. The normalized spacial score (nSPS) is 11.5. The first-order chi connectivity index (χ1) is 9.47. The highest BCUT2D eigenvalue weighted by molar-refractivity contribution is 5.68. The zero-order chi connectivity index (χ0) is 14.7. The molecule has 2 N–H and O–H groups in total. The van der Waals surface area contributed by atoms with E-state index in [4.69, 9.17) is 0 Å². The van der Waals surface area contributed by atoms with Gasteiger partial charge in [0.25, 0.3) is 0 Å². The van der Waals surface area contributed by atoms with Gasteiger partial charge in [-0.3, -0.25) is 4.98 Å². The topological polar surface area (TPSA) is 45.2 Å². The molecule has 0 atom stereocenters. The number of hydrogen-bond acceptors (Lipinski definition) is 3. The molecule has 20 heavy (non-hydrogen) atoms. The van der Waals surface area contributed by atoms with E-state index >= 15 is 0 Å². The Balaban J connectivity index is 2.20. The number of hydrogen-bond donors (Lipinski definition) is 2. The van der Waals surface area contributed by atoms with Crippen LogP contribution in [0.5, 0.6) is 5.75 Å². The number of benzene rings is 1. The zero-order valence-electron chi connectivity index (χ0n) is 12.4. The van der Waals surface area contributed by atoms with Crippen molar-refractivity contribution >= 4 is 11.3 Å². The number of aromatic hydroxyl groups is 1. The van der Waals surface area contributed by atoms with E-state index in [-0.39, 0.29) is 0 Å². The van der Waals surface area contributed by atoms with E-state index in [1.807, 2.05) is 64.4 Å². The Kier molecular flexibility index (Phi) is 4.08. The largest absolute Gasteiger partial charge is 0.507 e. The quantitative estimate of drug-likeness (QED) is 0.877. The van der Waals surface area contributed by atoms with Gasteiger partial charge in [0.2, 0.25) is 0 Å². The Morgan fingerprint density at radius 3 is 2.35 bits per heavy atom. The summed E-state index contributed by atoms with van der Waals surface area (Å²) in [6.45, 7) is 7.83. The maximum Gasteiger partial charge on any atom is 0.121 e. The van der Waals surface area contributed by atoms with Crippen molar-refractivity contribution in [2.75, 3.05) is 5.32 Å². The molecule has 104 valence electrons. The average molecular weight is 268 g/mol. The summed E-state index contributed by atoms with van der Waals surface area (Å²) < 4.78 is 0. The molecule has 0 spiro atoms. The van der Waals surface area contributed by atoms with E-state index in [0.717, 1.165) is 33.6 Å². The van der Waals surface area contributed by atoms with Crippen molar-refractivity contribution in [2.45, 2.75) is 27.7 Å². The second-order valence-corrected chi connectivity index (χ2v) is 5.12. The summed E-state index contributed by atoms with van der Waals surface area (Å²) in [6.07, 6.45) is 3.77. The Bertz CT molecular complexity index is 620. The van der Waals surface area contributed by atoms with Crippen LogP contribution in [0.25, 0.3) is 5.57 Å². The molecule has 0 aliphatic rings. The molecule has 0 radical (unpaired) electrons. The number of pyridine rings is 1. The summed E-state index contributed by atoms with van der Waals surface area (Å²) in [4.78, 5) is 4.24. The van der Waals surface area contributed by atoms with Crippen molar-refractivity contribution in [1.82, 2.24) is 4.98 Å². The summed E-state index contributed by atoms with van der Waals surface area (Å²) in [7, 11) is 0. The van der Waals surface area contributed by atoms with Crippen LogP contribution in [-0.4, -0.2) is 10.1 Å². The van der Waals surface area contributed by atoms with Gasteiger partial charge in [0, 0.05) is 11.9 Å². The van der Waals surface area contributed by atoms with Crippen LogP contribution in [0.2, 0.25) is 0 Å². The number of nitrogens with one attached hydrogen (secondary N) is 1. The van der Waals surface area contributed by atoms with Crippen molar-refractivity contribution in [3.05, 3.63) is 59.0 Å². The van der Waals surface area contributed by atoms with Gasteiger partial charge in [0.1, 0.15) is 5.75 Å². The average Bonchev–Trinajstić information content (AvgIpc) is 2.43. The Morgan fingerprint density at radius 1 is 1.15 bits per heavy atom. The van der Waals surface area contributed by atoms with Crippen molar-refractivity contribution in [3.63, 3.8) is 0 Å². The molecular formula is C17H20N2O. The van der Waals surface area contributed by atoms with E-state index in [1.165, 1.54) is 0 Å². The van der Waals surface area contributed by atoms with Crippen LogP contribution in [0.1, 0.15) is 29.3 Å². The number of allylic oxidation sites excluding steroid dienone is 1. The zero-order valence-corrected chi connectivity index (χ0v) is 12.4. The van der Waals surface area contributed by atoms with Gasteiger partial charge in [-0.05, 0) is 74.2 Å². The minimum Gasteiger partial charge on any atom is -0.507 e. The minimum atomic E-state index is 0.372. The number of anilines is 1. The van der Waals surface area contributed by atoms with Crippen LogP contribution in [0.4, 0.5) is 5.69 Å². The fourth-order valence-corrected chi connectivity index (χ4v) is 2.01. The van der Waals surface area contributed by atoms with E-state index in [0.29, 0.717) is 5.75 Å². The molecule has 1 aromatic carbocycles. The van der Waals surface area contributed by atoms with Gasteiger partial charge in [-0.15, -0.1) is 0 Å². The minimum absolute atomic E-state index is 0.372. The van der Waals surface area contributed by atoms with Crippen LogP contribution in [0, 0.1) is 20.8 Å². The molecule has 0 bridgehead atoms. The first-order valence-corrected chi connectivity index (χ1v) is 6.64. The Labute approximate surface area is 120 Å². The third kappa shape index (κ3) is 3.18. The molecule has 3 nitrogen and oxygen atoms in total. The third-order valence-corrected chi connectivity index (χ3v) is 3.31. The molecule has 1 aromatic heterocycles. The van der Waals surface area contributed by atoms with E-state index in [1.54, 1.807) is 0 Å². The summed E-state index contributed by atoms with van der Waals surface area (Å²) >= 11 is 0. The number of rotatable bonds is 3. The van der Waals surface area contributed by atoms with Gasteiger partial charge in [0.15, 0.2) is 0 Å². The highest BCUT2D eigenvalue weighted by Crippen LogP contribution is 2.26. The summed E-state index contributed by atoms with van der Waals surface area (Å²) in [5.41, 5.74) is 5.96. The lowest BCUT2D eigenvalue weighted by Gasteiger charge is -2.09. The van der Waals surface area contributed by atoms with Crippen molar-refractivity contribution in [3.8, 4) is 5.75 Å². The Hall–Kier alpha value is -2.29. The van der Waals surface area contributed by atoms with Crippen LogP contribution < -0.4 is 5.32 Å². The summed E-state index contributed by atoms with van der Waals surface area (Å²) in [6, 6.07) is 7.95. The second kappa shape index (κ2) is 5.78. The van der Waals surface area contributed by atoms with Gasteiger partial charge in [0.05, 0.1) is 11.9 Å². The molecule has 2 rings (SSSR count). The van der Waals surface area contributed by atoms with Crippen LogP contribution in [0.3, 0.4) is 0 Å². The van der Waals surface area contributed by atoms with Crippen LogP contribution >= 0.6 is 0 Å². The lowest BCUT2D eigenvalue weighted by molar-refractivity contribution is 0.467. The lowest BCUT2D eigenvalue weighted by atomic mass is 10.0. The van der Waals surface area contributed by atoms with Gasteiger partial charge in [-0.2, -0.15) is 0 Å². The molecule has 0 saturated heterocycles. The Morgan fingerprint density at radius 2 is 1.80 bits per heavy atom. The van der Waals surface area contributed by atoms with Crippen molar-refractivity contribution in [1.29, 1.82) is 0 Å². The molecule has 1 heterocycles. The van der Waals surface area contributed by atoms with E-state index < -0.39 is 0 Å². The number of phenolic OH excluding ortho intramolecular Hbond substituents is 1. The second-order valence-electron chi connectivity index (χ2n) is 5.12. The predicted molar refractivity (Wildman–Crippen MR) is 83.8 cm³/mol. The maximum absolute atomic E-state index is 9.80. The highest BCUT2D eigenvalue weighted by atomic mass is 16.3. The van der Waals surface area contributed by atoms with E-state index in [2.05, 4.69) is 10.3 Å². The van der Waals surface area contributed by atoms with Crippen molar-refractivity contribution < 1.29 is 5.11 Å². The standard InChI is InChI=1S/C17H20N2O/c1-11-7-15(8-12(2)17(11)20)13(3)9-19-16-6-5-14(4)18-10-16/h5-10,19-20H,1-4H3/b13-9-.